The fraction of sp³-hybridized carbons (Fsp3) is 0.889. The van der Waals surface area contributed by atoms with E-state index in [1.165, 1.54) is 0 Å². The maximum absolute atomic E-state index is 12.4. The molecule has 7 unspecified atom stereocenters. The van der Waals surface area contributed by atoms with Crippen LogP contribution in [0.4, 0.5) is 13.2 Å². The summed E-state index contributed by atoms with van der Waals surface area (Å²) in [4.78, 5) is 24.2. The lowest BCUT2D eigenvalue weighted by molar-refractivity contribution is -0.208. The van der Waals surface area contributed by atoms with Crippen LogP contribution in [-0.2, 0) is 28.5 Å². The minimum absolute atomic E-state index is 0.360. The third-order valence-electron chi connectivity index (χ3n) is 5.82. The first-order valence-corrected chi connectivity index (χ1v) is 9.29. The summed E-state index contributed by atoms with van der Waals surface area (Å²) in [5, 5.41) is 0. The zero-order valence-corrected chi connectivity index (χ0v) is 15.6. The highest BCUT2D eigenvalue weighted by Crippen LogP contribution is 2.43. The Morgan fingerprint density at radius 2 is 1.96 bits per heavy atom. The molecule has 3 aliphatic rings. The van der Waals surface area contributed by atoms with E-state index in [9.17, 15) is 22.8 Å². The predicted octanol–water partition coefficient (Wildman–Crippen LogP) is 2.77. The second-order valence-corrected chi connectivity index (χ2v) is 7.91. The molecule has 3 rings (SSSR count). The van der Waals surface area contributed by atoms with E-state index in [1.54, 1.807) is 20.8 Å². The number of alkyl halides is 3. The van der Waals surface area contributed by atoms with Crippen molar-refractivity contribution in [1.82, 2.24) is 0 Å². The second kappa shape index (κ2) is 7.24. The van der Waals surface area contributed by atoms with Crippen molar-refractivity contribution in [3.63, 3.8) is 0 Å². The van der Waals surface area contributed by atoms with Crippen LogP contribution >= 0.6 is 0 Å². The molecule has 0 aromatic carbocycles. The third kappa shape index (κ3) is 4.08. The molecule has 0 N–H and O–H groups in total. The first kappa shape index (κ1) is 20.4. The molecule has 2 saturated heterocycles. The van der Waals surface area contributed by atoms with E-state index in [4.69, 9.17) is 14.2 Å². The minimum Gasteiger partial charge on any atom is -0.456 e. The molecule has 7 atom stereocenters. The number of fused-ring (bicyclic) bond motifs is 1. The van der Waals surface area contributed by atoms with Gasteiger partial charge in [-0.15, -0.1) is 0 Å². The highest BCUT2D eigenvalue weighted by Gasteiger charge is 2.57. The molecule has 1 saturated carbocycles. The summed E-state index contributed by atoms with van der Waals surface area (Å²) in [6.45, 7) is 3.63. The van der Waals surface area contributed by atoms with Crippen molar-refractivity contribution in [3.8, 4) is 0 Å². The quantitative estimate of drug-likeness (QED) is 0.683. The van der Waals surface area contributed by atoms with E-state index >= 15 is 0 Å². The molecule has 0 amide bonds. The Morgan fingerprint density at radius 3 is 2.63 bits per heavy atom. The van der Waals surface area contributed by atoms with Gasteiger partial charge in [0.05, 0.1) is 23.5 Å². The van der Waals surface area contributed by atoms with Gasteiger partial charge in [0.25, 0.3) is 0 Å². The first-order chi connectivity index (χ1) is 12.5. The Morgan fingerprint density at radius 1 is 1.26 bits per heavy atom. The van der Waals surface area contributed by atoms with Crippen LogP contribution in [0.3, 0.4) is 0 Å². The lowest BCUT2D eigenvalue weighted by Gasteiger charge is -2.42. The Labute approximate surface area is 155 Å². The van der Waals surface area contributed by atoms with Crippen molar-refractivity contribution in [2.45, 2.75) is 82.6 Å². The van der Waals surface area contributed by atoms with Gasteiger partial charge in [-0.1, -0.05) is 12.8 Å². The van der Waals surface area contributed by atoms with E-state index in [-0.39, 0.29) is 12.1 Å². The largest absolute Gasteiger partial charge is 0.456 e. The summed E-state index contributed by atoms with van der Waals surface area (Å²) in [7, 11) is 0. The number of rotatable bonds is 4. The van der Waals surface area contributed by atoms with Crippen molar-refractivity contribution in [2.24, 2.45) is 11.8 Å². The fourth-order valence-corrected chi connectivity index (χ4v) is 4.31. The minimum atomic E-state index is -4.57. The SMILES string of the molecule is CC1OC2C(C)C(=O)OC2C1OC1(C)CCCCC1C(=O)OCC(F)(F)F. The molecule has 0 bridgehead atoms. The molecular weight excluding hydrogens is 369 g/mol. The van der Waals surface area contributed by atoms with Gasteiger partial charge < -0.3 is 18.9 Å². The molecular formula is C18H25F3O6. The van der Waals surface area contributed by atoms with Crippen LogP contribution in [0.1, 0.15) is 46.5 Å². The number of carbonyl (C=O) groups excluding carboxylic acids is 2. The van der Waals surface area contributed by atoms with Gasteiger partial charge in [-0.25, -0.2) is 0 Å². The van der Waals surface area contributed by atoms with Crippen LogP contribution < -0.4 is 0 Å². The number of esters is 2. The zero-order valence-electron chi connectivity index (χ0n) is 15.6. The van der Waals surface area contributed by atoms with E-state index in [0.717, 1.165) is 6.42 Å². The third-order valence-corrected chi connectivity index (χ3v) is 5.82. The van der Waals surface area contributed by atoms with Crippen LogP contribution in [0.5, 0.6) is 0 Å². The summed E-state index contributed by atoms with van der Waals surface area (Å²) in [5.74, 6) is -2.48. The normalized spacial score (nSPS) is 41.9. The van der Waals surface area contributed by atoms with Crippen LogP contribution in [-0.4, -0.2) is 54.7 Å². The highest BCUT2D eigenvalue weighted by atomic mass is 19.4. The molecule has 2 aliphatic heterocycles. The number of halogens is 3. The highest BCUT2D eigenvalue weighted by molar-refractivity contribution is 5.76. The standard InChI is InChI=1S/C18H25F3O6/c1-9-12-14(26-15(9)22)13(10(2)25-12)27-17(3)7-5-4-6-11(17)16(23)24-8-18(19,20)21/h9-14H,4-8H2,1-3H3. The van der Waals surface area contributed by atoms with Gasteiger partial charge in [0, 0.05) is 0 Å². The van der Waals surface area contributed by atoms with Gasteiger partial charge in [-0.05, 0) is 33.6 Å². The average molecular weight is 394 g/mol. The molecule has 0 radical (unpaired) electrons. The second-order valence-electron chi connectivity index (χ2n) is 7.91. The topological polar surface area (TPSA) is 71.1 Å². The maximum atomic E-state index is 12.4. The molecule has 3 fully saturated rings. The summed E-state index contributed by atoms with van der Waals surface area (Å²) in [6.07, 6.45) is -4.12. The maximum Gasteiger partial charge on any atom is 0.422 e. The van der Waals surface area contributed by atoms with Crippen molar-refractivity contribution in [2.75, 3.05) is 6.61 Å². The molecule has 1 aliphatic carbocycles. The van der Waals surface area contributed by atoms with E-state index in [2.05, 4.69) is 4.74 Å². The molecule has 0 aromatic heterocycles. The number of carbonyl (C=O) groups is 2. The molecule has 9 heteroatoms. The molecule has 154 valence electrons. The van der Waals surface area contributed by atoms with Crippen LogP contribution in [0, 0.1) is 11.8 Å². The van der Waals surface area contributed by atoms with Gasteiger partial charge in [0.1, 0.15) is 12.2 Å². The summed E-state index contributed by atoms with van der Waals surface area (Å²) in [5.41, 5.74) is -1.00. The molecule has 2 heterocycles. The first-order valence-electron chi connectivity index (χ1n) is 9.29. The average Bonchev–Trinajstić information content (AvgIpc) is 3.02. The zero-order chi connectivity index (χ0) is 20.0. The molecule has 0 spiro atoms. The van der Waals surface area contributed by atoms with Gasteiger partial charge >= 0.3 is 18.1 Å². The number of hydrogen-bond acceptors (Lipinski definition) is 6. The fourth-order valence-electron chi connectivity index (χ4n) is 4.31. The van der Waals surface area contributed by atoms with Crippen LogP contribution in [0.15, 0.2) is 0 Å². The van der Waals surface area contributed by atoms with Gasteiger partial charge in [0.15, 0.2) is 12.7 Å². The summed E-state index contributed by atoms with van der Waals surface area (Å²) >= 11 is 0. The van der Waals surface area contributed by atoms with E-state index in [1.807, 2.05) is 0 Å². The van der Waals surface area contributed by atoms with Crippen molar-refractivity contribution >= 4 is 11.9 Å². The Balaban J connectivity index is 1.72. The Bertz CT molecular complexity index is 594. The van der Waals surface area contributed by atoms with E-state index < -0.39 is 54.5 Å². The summed E-state index contributed by atoms with van der Waals surface area (Å²) in [6, 6.07) is 0. The number of hydrogen-bond donors (Lipinski definition) is 0. The van der Waals surface area contributed by atoms with Gasteiger partial charge in [0.2, 0.25) is 0 Å². The number of ether oxygens (including phenoxy) is 4. The van der Waals surface area contributed by atoms with E-state index in [0.29, 0.717) is 19.3 Å². The van der Waals surface area contributed by atoms with Crippen molar-refractivity contribution in [1.29, 1.82) is 0 Å². The lowest BCUT2D eigenvalue weighted by Crippen LogP contribution is -2.51. The molecule has 0 aromatic rings. The summed E-state index contributed by atoms with van der Waals surface area (Å²) < 4.78 is 59.2. The lowest BCUT2D eigenvalue weighted by atomic mass is 9.76. The van der Waals surface area contributed by atoms with Crippen molar-refractivity contribution in [3.05, 3.63) is 0 Å². The van der Waals surface area contributed by atoms with Gasteiger partial charge in [-0.2, -0.15) is 13.2 Å². The molecule has 6 nitrogen and oxygen atoms in total. The Kier molecular flexibility index (Phi) is 5.46. The Hall–Kier alpha value is -1.35. The van der Waals surface area contributed by atoms with Crippen molar-refractivity contribution < 1.29 is 41.7 Å². The predicted molar refractivity (Wildman–Crippen MR) is 85.6 cm³/mol. The van der Waals surface area contributed by atoms with Gasteiger partial charge in [-0.3, -0.25) is 9.59 Å². The smallest absolute Gasteiger partial charge is 0.422 e. The van der Waals surface area contributed by atoms with Crippen LogP contribution in [0.25, 0.3) is 0 Å². The monoisotopic (exact) mass is 394 g/mol. The molecule has 27 heavy (non-hydrogen) atoms. The van der Waals surface area contributed by atoms with Crippen LogP contribution in [0.2, 0.25) is 0 Å².